The number of carbonyl (C=O) groups is 2. The predicted molar refractivity (Wildman–Crippen MR) is 147 cm³/mol. The quantitative estimate of drug-likeness (QED) is 0.343. The highest BCUT2D eigenvalue weighted by Crippen LogP contribution is 2.36. The lowest BCUT2D eigenvalue weighted by molar-refractivity contribution is 0.101. The molecule has 2 aromatic heterocycles. The van der Waals surface area contributed by atoms with Crippen LogP contribution in [0.2, 0.25) is 0 Å². The van der Waals surface area contributed by atoms with E-state index in [0.29, 0.717) is 41.1 Å². The second-order valence-corrected chi connectivity index (χ2v) is 11.5. The van der Waals surface area contributed by atoms with Gasteiger partial charge >= 0.3 is 0 Å². The molecular weight excluding hydrogens is 518 g/mol. The topological polar surface area (TPSA) is 123 Å². The van der Waals surface area contributed by atoms with Crippen LogP contribution in [0.5, 0.6) is 5.75 Å². The summed E-state index contributed by atoms with van der Waals surface area (Å²) in [5.74, 6) is -0.353. The van der Waals surface area contributed by atoms with Gasteiger partial charge in [-0.2, -0.15) is 9.40 Å². The van der Waals surface area contributed by atoms with Crippen molar-refractivity contribution in [1.29, 1.82) is 0 Å². The van der Waals surface area contributed by atoms with E-state index >= 15 is 0 Å². The zero-order valence-electron chi connectivity index (χ0n) is 22.2. The van der Waals surface area contributed by atoms with Crippen molar-refractivity contribution in [1.82, 2.24) is 18.9 Å². The number of ketones is 1. The molecule has 0 saturated carbocycles. The van der Waals surface area contributed by atoms with Gasteiger partial charge in [-0.1, -0.05) is 6.07 Å². The summed E-state index contributed by atoms with van der Waals surface area (Å²) < 4.78 is 35.6. The zero-order chi connectivity index (χ0) is 27.9. The number of nitrogens with zero attached hydrogens (tertiary/aromatic N) is 4. The highest BCUT2D eigenvalue weighted by Gasteiger charge is 2.31. The van der Waals surface area contributed by atoms with Gasteiger partial charge in [-0.15, -0.1) is 0 Å². The second kappa shape index (κ2) is 10.2. The van der Waals surface area contributed by atoms with Gasteiger partial charge in [-0.3, -0.25) is 9.59 Å². The number of aromatic nitrogens is 3. The van der Waals surface area contributed by atoms with Crippen LogP contribution in [0.15, 0.2) is 53.4 Å². The lowest BCUT2D eigenvalue weighted by Gasteiger charge is -2.18. The summed E-state index contributed by atoms with van der Waals surface area (Å²) in [7, 11) is -2.40. The number of ether oxygens (including phenoxy) is 1. The van der Waals surface area contributed by atoms with Crippen LogP contribution < -0.4 is 10.1 Å². The van der Waals surface area contributed by atoms with E-state index in [1.54, 1.807) is 40.9 Å². The van der Waals surface area contributed by atoms with Gasteiger partial charge in [0.15, 0.2) is 17.1 Å². The Morgan fingerprint density at radius 3 is 2.33 bits per heavy atom. The van der Waals surface area contributed by atoms with Gasteiger partial charge < -0.3 is 10.1 Å². The van der Waals surface area contributed by atoms with Crippen LogP contribution >= 0.6 is 0 Å². The maximum absolute atomic E-state index is 13.6. The van der Waals surface area contributed by atoms with Crippen LogP contribution in [0.3, 0.4) is 0 Å². The number of anilines is 1. The van der Waals surface area contributed by atoms with Crippen molar-refractivity contribution in [3.05, 3.63) is 71.2 Å². The van der Waals surface area contributed by atoms with Gasteiger partial charge in [0.1, 0.15) is 10.6 Å². The molecule has 39 heavy (non-hydrogen) atoms. The highest BCUT2D eigenvalue weighted by molar-refractivity contribution is 7.89. The molecule has 10 nitrogen and oxygen atoms in total. The van der Waals surface area contributed by atoms with Crippen molar-refractivity contribution in [3.63, 3.8) is 0 Å². The lowest BCUT2D eigenvalue weighted by atomic mass is 10.0. The molecule has 0 radical (unpaired) electrons. The van der Waals surface area contributed by atoms with Crippen LogP contribution in [0, 0.1) is 13.8 Å². The first-order valence-corrected chi connectivity index (χ1v) is 14.0. The number of methoxy groups -OCH3 is 1. The van der Waals surface area contributed by atoms with Crippen molar-refractivity contribution < 1.29 is 22.7 Å². The van der Waals surface area contributed by atoms with E-state index in [9.17, 15) is 18.0 Å². The molecule has 1 N–H and O–H groups in total. The Labute approximate surface area is 226 Å². The fourth-order valence-corrected chi connectivity index (χ4v) is 6.52. The molecule has 3 heterocycles. The number of benzene rings is 2. The van der Waals surface area contributed by atoms with Crippen molar-refractivity contribution >= 4 is 33.0 Å². The van der Waals surface area contributed by atoms with Gasteiger partial charge in [0.05, 0.1) is 12.7 Å². The maximum Gasteiger partial charge on any atom is 0.276 e. The highest BCUT2D eigenvalue weighted by atomic mass is 32.2. The van der Waals surface area contributed by atoms with Crippen molar-refractivity contribution in [3.8, 4) is 16.9 Å². The SMILES string of the molecule is COc1ccc(-c2c(C(=O)Nc3ccc(C(C)=O)cc3)nn3c(C)cc(C)nc23)cc1S(=O)(=O)N1CCCC1. The van der Waals surface area contributed by atoms with E-state index in [0.717, 1.165) is 24.2 Å². The van der Waals surface area contributed by atoms with Crippen LogP contribution in [-0.4, -0.2) is 59.2 Å². The molecular formula is C28H29N5O5S. The standard InChI is InChI=1S/C28H29N5O5S/c1-17-15-18(2)33-27(29-17)25(26(31-33)28(35)30-22-10-7-20(8-11-22)19(3)34)21-9-12-23(38-4)24(16-21)39(36,37)32-13-5-6-14-32/h7-12,15-16H,5-6,13-14H2,1-4H3,(H,30,35). The first-order valence-electron chi connectivity index (χ1n) is 12.6. The lowest BCUT2D eigenvalue weighted by Crippen LogP contribution is -2.28. The van der Waals surface area contributed by atoms with Gasteiger partial charge in [-0.05, 0) is 81.6 Å². The van der Waals surface area contributed by atoms with Gasteiger partial charge in [0.2, 0.25) is 10.0 Å². The number of fused-ring (bicyclic) bond motifs is 1. The van der Waals surface area contributed by atoms with Crippen molar-refractivity contribution in [2.75, 3.05) is 25.5 Å². The minimum absolute atomic E-state index is 0.0271. The third-order valence-corrected chi connectivity index (χ3v) is 8.71. The van der Waals surface area contributed by atoms with E-state index in [2.05, 4.69) is 15.4 Å². The summed E-state index contributed by atoms with van der Waals surface area (Å²) in [5.41, 5.74) is 3.90. The molecule has 4 aromatic rings. The molecule has 1 aliphatic rings. The minimum atomic E-state index is -3.82. The molecule has 11 heteroatoms. The molecule has 0 atom stereocenters. The normalized spacial score (nSPS) is 14.1. The van der Waals surface area contributed by atoms with E-state index < -0.39 is 15.9 Å². The summed E-state index contributed by atoms with van der Waals surface area (Å²) in [6.07, 6.45) is 1.60. The van der Waals surface area contributed by atoms with E-state index in [-0.39, 0.29) is 22.1 Å². The first-order chi connectivity index (χ1) is 18.6. The second-order valence-electron chi connectivity index (χ2n) is 9.56. The Morgan fingerprint density at radius 1 is 1.00 bits per heavy atom. The molecule has 0 spiro atoms. The monoisotopic (exact) mass is 547 g/mol. The Kier molecular flexibility index (Phi) is 6.96. The number of sulfonamides is 1. The number of amides is 1. The minimum Gasteiger partial charge on any atom is -0.495 e. The molecule has 1 amide bonds. The summed E-state index contributed by atoms with van der Waals surface area (Å²) in [6.45, 7) is 6.07. The van der Waals surface area contributed by atoms with Crippen LogP contribution in [-0.2, 0) is 10.0 Å². The Morgan fingerprint density at radius 2 is 1.69 bits per heavy atom. The Balaban J connectivity index is 1.66. The molecule has 1 saturated heterocycles. The zero-order valence-corrected chi connectivity index (χ0v) is 23.0. The number of nitrogens with one attached hydrogen (secondary N) is 1. The number of hydrogen-bond donors (Lipinski definition) is 1. The smallest absolute Gasteiger partial charge is 0.276 e. The van der Waals surface area contributed by atoms with Gasteiger partial charge in [0, 0.05) is 35.7 Å². The van der Waals surface area contributed by atoms with Gasteiger partial charge in [-0.25, -0.2) is 17.9 Å². The Bertz CT molecular complexity index is 1700. The summed E-state index contributed by atoms with van der Waals surface area (Å²) >= 11 is 0. The first kappa shape index (κ1) is 26.5. The molecule has 5 rings (SSSR count). The van der Waals surface area contributed by atoms with Crippen molar-refractivity contribution in [2.24, 2.45) is 0 Å². The van der Waals surface area contributed by atoms with Crippen LogP contribution in [0.25, 0.3) is 16.8 Å². The average Bonchev–Trinajstić information content (AvgIpc) is 3.58. The Hall–Kier alpha value is -4.09. The molecule has 1 fully saturated rings. The molecule has 202 valence electrons. The van der Waals surface area contributed by atoms with Crippen LogP contribution in [0.4, 0.5) is 5.69 Å². The molecule has 1 aliphatic heterocycles. The predicted octanol–water partition coefficient (Wildman–Crippen LogP) is 4.26. The number of Topliss-reactive ketones (excluding diaryl/α,β-unsaturated/α-hetero) is 1. The van der Waals surface area contributed by atoms with Crippen LogP contribution in [0.1, 0.15) is 52.0 Å². The molecule has 0 aliphatic carbocycles. The fourth-order valence-electron chi connectivity index (χ4n) is 4.83. The van der Waals surface area contributed by atoms with E-state index in [4.69, 9.17) is 4.74 Å². The molecule has 2 aromatic carbocycles. The molecule has 0 bridgehead atoms. The number of aryl methyl sites for hydroxylation is 2. The summed E-state index contributed by atoms with van der Waals surface area (Å²) in [5, 5.41) is 7.42. The van der Waals surface area contributed by atoms with Crippen molar-refractivity contribution in [2.45, 2.75) is 38.5 Å². The van der Waals surface area contributed by atoms with Gasteiger partial charge in [0.25, 0.3) is 5.91 Å². The number of hydrogen-bond acceptors (Lipinski definition) is 7. The summed E-state index contributed by atoms with van der Waals surface area (Å²) in [4.78, 5) is 29.9. The number of carbonyl (C=O) groups excluding carboxylic acids is 2. The third-order valence-electron chi connectivity index (χ3n) is 6.79. The number of rotatable bonds is 7. The largest absolute Gasteiger partial charge is 0.495 e. The fraction of sp³-hybridized carbons (Fsp3) is 0.286. The molecule has 0 unspecified atom stereocenters. The average molecular weight is 548 g/mol. The maximum atomic E-state index is 13.6. The summed E-state index contributed by atoms with van der Waals surface area (Å²) in [6, 6.07) is 13.2. The van der Waals surface area contributed by atoms with E-state index in [1.165, 1.54) is 24.4 Å². The third kappa shape index (κ3) is 4.90. The van der Waals surface area contributed by atoms with E-state index in [1.807, 2.05) is 19.9 Å².